The number of hydrogen-bond donors (Lipinski definition) is 1. The Labute approximate surface area is 211 Å². The van der Waals surface area contributed by atoms with Crippen LogP contribution in [-0.4, -0.2) is 56.5 Å². The van der Waals surface area contributed by atoms with E-state index in [9.17, 15) is 14.7 Å². The molecule has 2 heterocycles. The summed E-state index contributed by atoms with van der Waals surface area (Å²) in [6.07, 6.45) is 8.33. The molecule has 0 aromatic carbocycles. The van der Waals surface area contributed by atoms with Crippen LogP contribution in [-0.2, 0) is 23.2 Å². The van der Waals surface area contributed by atoms with E-state index in [1.807, 2.05) is 0 Å². The van der Waals surface area contributed by atoms with Crippen LogP contribution in [0.1, 0.15) is 57.1 Å². The molecule has 2 fully saturated rings. The van der Waals surface area contributed by atoms with E-state index in [0.717, 1.165) is 25.7 Å². The Bertz CT molecular complexity index is 1130. The van der Waals surface area contributed by atoms with Gasteiger partial charge >= 0.3 is 17.9 Å². The van der Waals surface area contributed by atoms with Gasteiger partial charge in [0.1, 0.15) is 12.4 Å². The maximum Gasteiger partial charge on any atom is 0.409 e. The first-order valence-electron chi connectivity index (χ1n) is 12.5. The Morgan fingerprint density at radius 1 is 1.22 bits per heavy atom. The summed E-state index contributed by atoms with van der Waals surface area (Å²) in [5.74, 6) is -0.249. The highest BCUT2D eigenvalue weighted by Crippen LogP contribution is 2.35. The van der Waals surface area contributed by atoms with Crippen LogP contribution in [0.25, 0.3) is 16.1 Å². The highest BCUT2D eigenvalue weighted by molar-refractivity contribution is 5.70. The van der Waals surface area contributed by atoms with E-state index in [0.29, 0.717) is 48.0 Å². The molecule has 0 saturated heterocycles. The first kappa shape index (κ1) is 25.5. The van der Waals surface area contributed by atoms with Gasteiger partial charge in [0, 0.05) is 20.6 Å². The second kappa shape index (κ2) is 11.4. The minimum absolute atomic E-state index is 0.0333. The van der Waals surface area contributed by atoms with Gasteiger partial charge in [-0.25, -0.2) is 4.79 Å². The van der Waals surface area contributed by atoms with Crippen molar-refractivity contribution in [2.75, 3.05) is 13.6 Å². The van der Waals surface area contributed by atoms with Crippen LogP contribution in [0.2, 0.25) is 0 Å². The maximum atomic E-state index is 12.5. The van der Waals surface area contributed by atoms with Crippen molar-refractivity contribution in [2.45, 2.75) is 64.1 Å². The molecule has 36 heavy (non-hydrogen) atoms. The van der Waals surface area contributed by atoms with E-state index < -0.39 is 11.9 Å². The quantitative estimate of drug-likeness (QED) is 0.523. The van der Waals surface area contributed by atoms with Gasteiger partial charge in [0.15, 0.2) is 5.69 Å². The summed E-state index contributed by atoms with van der Waals surface area (Å²) >= 11 is 0. The average Bonchev–Trinajstić information content (AvgIpc) is 3.52. The van der Waals surface area contributed by atoms with Gasteiger partial charge in [-0.15, -0.1) is 4.98 Å². The van der Waals surface area contributed by atoms with Gasteiger partial charge in [-0.3, -0.25) is 9.48 Å². The highest BCUT2D eigenvalue weighted by Gasteiger charge is 2.29. The number of ether oxygens (including phenoxy) is 2. The van der Waals surface area contributed by atoms with Gasteiger partial charge in [0.25, 0.3) is 0 Å². The number of carbonyl (C=O) groups excluding carboxylic acids is 1. The van der Waals surface area contributed by atoms with Gasteiger partial charge in [-0.1, -0.05) is 19.4 Å². The lowest BCUT2D eigenvalue weighted by Crippen LogP contribution is -2.31. The molecule has 2 saturated carbocycles. The number of carboxylic acids is 1. The van der Waals surface area contributed by atoms with E-state index in [4.69, 9.17) is 16.0 Å². The molecule has 2 aromatic heterocycles. The number of aryl methyl sites for hydroxylation is 1. The normalized spacial score (nSPS) is 20.0. The van der Waals surface area contributed by atoms with Gasteiger partial charge in [0.2, 0.25) is 0 Å². The average molecular weight is 496 g/mol. The summed E-state index contributed by atoms with van der Waals surface area (Å²) in [5, 5.41) is 13.6. The Morgan fingerprint density at radius 2 is 2.00 bits per heavy atom. The number of pyridine rings is 1. The van der Waals surface area contributed by atoms with Gasteiger partial charge in [-0.05, 0) is 56.6 Å². The fourth-order valence-electron chi connectivity index (χ4n) is 5.16. The summed E-state index contributed by atoms with van der Waals surface area (Å²) in [7, 11) is 3.53. The molecule has 10 nitrogen and oxygen atoms in total. The summed E-state index contributed by atoms with van der Waals surface area (Å²) in [6.45, 7) is 8.33. The molecule has 2 atom stereocenters. The zero-order chi connectivity index (χ0) is 25.7. The highest BCUT2D eigenvalue weighted by atomic mass is 16.6. The lowest BCUT2D eigenvalue weighted by atomic mass is 9.87. The predicted octanol–water partition coefficient (Wildman–Crippen LogP) is 4.81. The molecular weight excluding hydrogens is 462 g/mol. The Kier molecular flexibility index (Phi) is 8.08. The van der Waals surface area contributed by atoms with Gasteiger partial charge < -0.3 is 24.3 Å². The number of aromatic nitrogens is 3. The van der Waals surface area contributed by atoms with Crippen LogP contribution in [0, 0.1) is 18.4 Å². The summed E-state index contributed by atoms with van der Waals surface area (Å²) in [6, 6.07) is 3.44. The summed E-state index contributed by atoms with van der Waals surface area (Å²) in [4.78, 5) is 33.6. The van der Waals surface area contributed by atoms with Crippen molar-refractivity contribution in [3.8, 4) is 17.0 Å². The monoisotopic (exact) mass is 495 g/mol. The number of nitrogens with zero attached hydrogens (tertiary/aromatic N) is 5. The molecule has 0 aliphatic heterocycles. The lowest BCUT2D eigenvalue weighted by molar-refractivity contribution is -0.143. The SMILES string of the molecule is [C-]#[N+]c1nc(-c2cnn(C)c2COC(=O)N(C)CC2CCCC2)ccc1O[C@H]1CCC[C@H](C(=O)O)C1. The fraction of sp³-hybridized carbons (Fsp3) is 0.577. The summed E-state index contributed by atoms with van der Waals surface area (Å²) in [5.41, 5.74) is 1.87. The van der Waals surface area contributed by atoms with Crippen molar-refractivity contribution in [1.29, 1.82) is 0 Å². The Balaban J connectivity index is 1.44. The predicted molar refractivity (Wildman–Crippen MR) is 131 cm³/mol. The molecule has 0 unspecified atom stereocenters. The molecule has 0 spiro atoms. The maximum absolute atomic E-state index is 12.5. The van der Waals surface area contributed by atoms with Crippen LogP contribution in [0.15, 0.2) is 18.3 Å². The first-order chi connectivity index (χ1) is 17.4. The third kappa shape index (κ3) is 5.96. The minimum atomic E-state index is -0.809. The minimum Gasteiger partial charge on any atom is -0.500 e. The van der Waals surface area contributed by atoms with Crippen molar-refractivity contribution in [3.05, 3.63) is 35.4 Å². The van der Waals surface area contributed by atoms with E-state index in [2.05, 4.69) is 14.9 Å². The fourth-order valence-corrected chi connectivity index (χ4v) is 5.16. The van der Waals surface area contributed by atoms with Crippen LogP contribution in [0.3, 0.4) is 0 Å². The Morgan fingerprint density at radius 3 is 2.72 bits per heavy atom. The van der Waals surface area contributed by atoms with Gasteiger partial charge in [0.05, 0.1) is 29.5 Å². The van der Waals surface area contributed by atoms with E-state index in [1.54, 1.807) is 42.0 Å². The van der Waals surface area contributed by atoms with Crippen LogP contribution < -0.4 is 4.74 Å². The van der Waals surface area contributed by atoms with Crippen LogP contribution in [0.4, 0.5) is 10.6 Å². The number of rotatable bonds is 8. The molecule has 1 amide bonds. The molecular formula is C26H33N5O5. The molecule has 2 aliphatic rings. The standard InChI is InChI=1S/C26H33N5O5/c1-27-24-23(36-19-10-6-9-18(13-19)25(32)33)12-11-21(29-24)20-14-28-31(3)22(20)16-35-26(34)30(2)15-17-7-4-5-8-17/h11-12,14,17-19H,4-10,13,15-16H2,2-3H3,(H,32,33)/t18-,19-/m0/s1. The number of hydrogen-bond acceptors (Lipinski definition) is 6. The second-order valence-corrected chi connectivity index (χ2v) is 9.79. The molecule has 2 aromatic rings. The molecule has 192 valence electrons. The van der Waals surface area contributed by atoms with Crippen LogP contribution >= 0.6 is 0 Å². The molecule has 2 aliphatic carbocycles. The topological polar surface area (TPSA) is 111 Å². The largest absolute Gasteiger partial charge is 0.500 e. The number of amides is 1. The third-order valence-corrected chi connectivity index (χ3v) is 7.20. The lowest BCUT2D eigenvalue weighted by Gasteiger charge is -2.27. The van der Waals surface area contributed by atoms with Crippen LogP contribution in [0.5, 0.6) is 5.75 Å². The molecule has 10 heteroatoms. The third-order valence-electron chi connectivity index (χ3n) is 7.20. The number of carbonyl (C=O) groups is 2. The van der Waals surface area contributed by atoms with Crippen molar-refractivity contribution in [2.24, 2.45) is 18.9 Å². The molecule has 1 N–H and O–H groups in total. The second-order valence-electron chi connectivity index (χ2n) is 9.79. The van der Waals surface area contributed by atoms with Crippen molar-refractivity contribution in [1.82, 2.24) is 19.7 Å². The van der Waals surface area contributed by atoms with E-state index >= 15 is 0 Å². The van der Waals surface area contributed by atoms with Crippen molar-refractivity contribution < 1.29 is 24.2 Å². The zero-order valence-corrected chi connectivity index (χ0v) is 20.9. The molecule has 0 bridgehead atoms. The van der Waals surface area contributed by atoms with E-state index in [1.165, 1.54) is 12.8 Å². The number of carboxylic acid groups (broad SMARTS) is 1. The van der Waals surface area contributed by atoms with Crippen molar-refractivity contribution in [3.63, 3.8) is 0 Å². The summed E-state index contributed by atoms with van der Waals surface area (Å²) < 4.78 is 13.2. The van der Waals surface area contributed by atoms with E-state index in [-0.39, 0.29) is 24.6 Å². The smallest absolute Gasteiger partial charge is 0.409 e. The zero-order valence-electron chi connectivity index (χ0n) is 20.9. The molecule has 0 radical (unpaired) electrons. The van der Waals surface area contributed by atoms with Crippen molar-refractivity contribution >= 4 is 17.9 Å². The Hall–Kier alpha value is -3.61. The number of aliphatic carboxylic acids is 1. The molecule has 4 rings (SSSR count). The van der Waals surface area contributed by atoms with Gasteiger partial charge in [-0.2, -0.15) is 5.10 Å². The first-order valence-corrected chi connectivity index (χ1v) is 12.5.